The second kappa shape index (κ2) is 4.93. The molecule has 2 atom stereocenters. The Kier molecular flexibility index (Phi) is 3.24. The lowest BCUT2D eigenvalue weighted by atomic mass is 10.1. The van der Waals surface area contributed by atoms with Crippen LogP contribution in [0.5, 0.6) is 0 Å². The number of nitrogens with one attached hydrogen (secondary N) is 2. The standard InChI is InChI=1S/C16H20N2O2/c1-9-3-4-10(2)14(7-9)18-16(20)13-8-12(13)15(19)17-11-5-6-11/h3-4,7,11-13H,5-6,8H2,1-2H3,(H,17,19)(H,18,20). The highest BCUT2D eigenvalue weighted by atomic mass is 16.2. The first kappa shape index (κ1) is 13.2. The zero-order valence-corrected chi connectivity index (χ0v) is 11.9. The highest BCUT2D eigenvalue weighted by Crippen LogP contribution is 2.40. The molecule has 2 aliphatic rings. The van der Waals surface area contributed by atoms with Gasteiger partial charge in [0, 0.05) is 11.7 Å². The fraction of sp³-hybridized carbons (Fsp3) is 0.500. The monoisotopic (exact) mass is 272 g/mol. The second-order valence-corrected chi connectivity index (χ2v) is 6.04. The molecule has 0 aromatic heterocycles. The first-order valence-corrected chi connectivity index (χ1v) is 7.23. The number of rotatable bonds is 4. The Morgan fingerprint density at radius 1 is 1.10 bits per heavy atom. The molecule has 20 heavy (non-hydrogen) atoms. The van der Waals surface area contributed by atoms with Gasteiger partial charge in [-0.2, -0.15) is 0 Å². The third-order valence-corrected chi connectivity index (χ3v) is 4.04. The van der Waals surface area contributed by atoms with E-state index in [0.29, 0.717) is 12.5 Å². The average Bonchev–Trinajstić information content (AvgIpc) is 3.25. The zero-order valence-electron chi connectivity index (χ0n) is 11.9. The quantitative estimate of drug-likeness (QED) is 0.882. The van der Waals surface area contributed by atoms with E-state index in [1.165, 1.54) is 0 Å². The van der Waals surface area contributed by atoms with Gasteiger partial charge in [0.05, 0.1) is 11.8 Å². The van der Waals surface area contributed by atoms with Crippen LogP contribution in [-0.2, 0) is 9.59 Å². The van der Waals surface area contributed by atoms with Gasteiger partial charge in [0.15, 0.2) is 0 Å². The van der Waals surface area contributed by atoms with Crippen LogP contribution in [0.1, 0.15) is 30.4 Å². The summed E-state index contributed by atoms with van der Waals surface area (Å²) in [7, 11) is 0. The van der Waals surface area contributed by atoms with Crippen molar-refractivity contribution >= 4 is 17.5 Å². The molecule has 0 radical (unpaired) electrons. The van der Waals surface area contributed by atoms with Crippen molar-refractivity contribution in [3.63, 3.8) is 0 Å². The van der Waals surface area contributed by atoms with Crippen LogP contribution in [-0.4, -0.2) is 17.9 Å². The summed E-state index contributed by atoms with van der Waals surface area (Å²) in [6.45, 7) is 3.97. The van der Waals surface area contributed by atoms with Gasteiger partial charge in [-0.05, 0) is 50.3 Å². The number of aryl methyl sites for hydroxylation is 2. The minimum Gasteiger partial charge on any atom is -0.353 e. The van der Waals surface area contributed by atoms with Gasteiger partial charge >= 0.3 is 0 Å². The van der Waals surface area contributed by atoms with Crippen LogP contribution in [0.3, 0.4) is 0 Å². The number of carbonyl (C=O) groups is 2. The smallest absolute Gasteiger partial charge is 0.228 e. The summed E-state index contributed by atoms with van der Waals surface area (Å²) in [5.74, 6) is -0.266. The second-order valence-electron chi connectivity index (χ2n) is 6.04. The molecule has 1 aromatic carbocycles. The van der Waals surface area contributed by atoms with Crippen molar-refractivity contribution in [3.05, 3.63) is 29.3 Å². The molecule has 2 amide bonds. The van der Waals surface area contributed by atoms with Gasteiger partial charge in [0.25, 0.3) is 0 Å². The van der Waals surface area contributed by atoms with E-state index in [2.05, 4.69) is 10.6 Å². The minimum absolute atomic E-state index is 0.0327. The molecule has 0 spiro atoms. The molecular weight excluding hydrogens is 252 g/mol. The van der Waals surface area contributed by atoms with Crippen LogP contribution in [0.2, 0.25) is 0 Å². The van der Waals surface area contributed by atoms with Crippen LogP contribution >= 0.6 is 0 Å². The van der Waals surface area contributed by atoms with Crippen LogP contribution in [0.15, 0.2) is 18.2 Å². The van der Waals surface area contributed by atoms with Gasteiger partial charge in [0.1, 0.15) is 0 Å². The predicted molar refractivity (Wildman–Crippen MR) is 77.3 cm³/mol. The summed E-state index contributed by atoms with van der Waals surface area (Å²) in [4.78, 5) is 24.0. The Morgan fingerprint density at radius 2 is 1.80 bits per heavy atom. The Labute approximate surface area is 118 Å². The van der Waals surface area contributed by atoms with Crippen LogP contribution in [0.4, 0.5) is 5.69 Å². The molecule has 0 aliphatic heterocycles. The lowest BCUT2D eigenvalue weighted by molar-refractivity contribution is -0.125. The van der Waals surface area contributed by atoms with Crippen molar-refractivity contribution in [2.75, 3.05) is 5.32 Å². The van der Waals surface area contributed by atoms with Gasteiger partial charge in [-0.1, -0.05) is 12.1 Å². The molecule has 3 rings (SSSR count). The molecule has 2 unspecified atom stereocenters. The maximum Gasteiger partial charge on any atom is 0.228 e. The summed E-state index contributed by atoms with van der Waals surface area (Å²) in [6.07, 6.45) is 2.84. The molecule has 2 aliphatic carbocycles. The molecule has 106 valence electrons. The molecule has 0 saturated heterocycles. The summed E-state index contributed by atoms with van der Waals surface area (Å²) in [6, 6.07) is 6.35. The molecule has 2 fully saturated rings. The summed E-state index contributed by atoms with van der Waals surface area (Å²) in [5, 5.41) is 5.91. The average molecular weight is 272 g/mol. The number of anilines is 1. The number of hydrogen-bond acceptors (Lipinski definition) is 2. The van der Waals surface area contributed by atoms with Crippen LogP contribution in [0.25, 0.3) is 0 Å². The first-order valence-electron chi connectivity index (χ1n) is 7.23. The normalized spacial score (nSPS) is 24.1. The SMILES string of the molecule is Cc1ccc(C)c(NC(=O)C2CC2C(=O)NC2CC2)c1. The fourth-order valence-corrected chi connectivity index (χ4v) is 2.41. The Hall–Kier alpha value is -1.84. The lowest BCUT2D eigenvalue weighted by Crippen LogP contribution is -2.29. The van der Waals surface area contributed by atoms with E-state index in [0.717, 1.165) is 29.7 Å². The summed E-state index contributed by atoms with van der Waals surface area (Å²) < 4.78 is 0. The Bertz CT molecular complexity index is 564. The number of amides is 2. The third kappa shape index (κ3) is 2.84. The molecule has 0 heterocycles. The molecule has 2 N–H and O–H groups in total. The van der Waals surface area contributed by atoms with E-state index < -0.39 is 0 Å². The first-order chi connectivity index (χ1) is 9.54. The van der Waals surface area contributed by atoms with Crippen LogP contribution in [0, 0.1) is 25.7 Å². The Morgan fingerprint density at radius 3 is 2.50 bits per heavy atom. The summed E-state index contributed by atoms with van der Waals surface area (Å²) in [5.41, 5.74) is 3.01. The van der Waals surface area contributed by atoms with Crippen molar-refractivity contribution in [2.24, 2.45) is 11.8 Å². The summed E-state index contributed by atoms with van der Waals surface area (Å²) >= 11 is 0. The molecule has 2 saturated carbocycles. The predicted octanol–water partition coefficient (Wildman–Crippen LogP) is 2.16. The maximum absolute atomic E-state index is 12.2. The number of hydrogen-bond donors (Lipinski definition) is 2. The van der Waals surface area contributed by atoms with Gasteiger partial charge in [0.2, 0.25) is 11.8 Å². The van der Waals surface area contributed by atoms with E-state index in [9.17, 15) is 9.59 Å². The lowest BCUT2D eigenvalue weighted by Gasteiger charge is -2.09. The number of benzene rings is 1. The van der Waals surface area contributed by atoms with Gasteiger partial charge < -0.3 is 10.6 Å². The van der Waals surface area contributed by atoms with Crippen molar-refractivity contribution in [2.45, 2.75) is 39.2 Å². The van der Waals surface area contributed by atoms with Crippen molar-refractivity contribution in [1.82, 2.24) is 5.32 Å². The van der Waals surface area contributed by atoms with Crippen molar-refractivity contribution < 1.29 is 9.59 Å². The van der Waals surface area contributed by atoms with E-state index >= 15 is 0 Å². The highest BCUT2D eigenvalue weighted by molar-refractivity contribution is 6.00. The van der Waals surface area contributed by atoms with Crippen molar-refractivity contribution in [1.29, 1.82) is 0 Å². The topological polar surface area (TPSA) is 58.2 Å². The van der Waals surface area contributed by atoms with E-state index in [1.54, 1.807) is 0 Å². The van der Waals surface area contributed by atoms with Crippen molar-refractivity contribution in [3.8, 4) is 0 Å². The third-order valence-electron chi connectivity index (χ3n) is 4.04. The van der Waals surface area contributed by atoms with E-state index in [1.807, 2.05) is 32.0 Å². The largest absolute Gasteiger partial charge is 0.353 e. The Balaban J connectivity index is 1.57. The van der Waals surface area contributed by atoms with E-state index in [-0.39, 0.29) is 23.7 Å². The fourth-order valence-electron chi connectivity index (χ4n) is 2.41. The molecular formula is C16H20N2O2. The molecule has 1 aromatic rings. The van der Waals surface area contributed by atoms with Gasteiger partial charge in [-0.15, -0.1) is 0 Å². The number of carbonyl (C=O) groups excluding carboxylic acids is 2. The van der Waals surface area contributed by atoms with Gasteiger partial charge in [-0.3, -0.25) is 9.59 Å². The zero-order chi connectivity index (χ0) is 14.3. The minimum atomic E-state index is -0.159. The maximum atomic E-state index is 12.2. The molecule has 0 bridgehead atoms. The molecule has 4 heteroatoms. The van der Waals surface area contributed by atoms with Gasteiger partial charge in [-0.25, -0.2) is 0 Å². The van der Waals surface area contributed by atoms with E-state index in [4.69, 9.17) is 0 Å². The molecule has 4 nitrogen and oxygen atoms in total. The van der Waals surface area contributed by atoms with Crippen LogP contribution < -0.4 is 10.6 Å². The highest BCUT2D eigenvalue weighted by Gasteiger charge is 2.48.